The molecule has 4 heteroatoms. The highest BCUT2D eigenvalue weighted by atomic mass is 35.5. The molecule has 14 heavy (non-hydrogen) atoms. The van der Waals surface area contributed by atoms with E-state index in [9.17, 15) is 4.79 Å². The van der Waals surface area contributed by atoms with Gasteiger partial charge in [0, 0.05) is 26.9 Å². The zero-order chi connectivity index (χ0) is 10.1. The molecule has 1 aromatic heterocycles. The van der Waals surface area contributed by atoms with E-state index in [2.05, 4.69) is 0 Å². The second kappa shape index (κ2) is 3.89. The Morgan fingerprint density at radius 1 is 1.43 bits per heavy atom. The molecule has 0 amide bonds. The summed E-state index contributed by atoms with van der Waals surface area (Å²) in [5, 5.41) is 3.45. The number of carbonyl (C=O) groups excluding carboxylic acids is 1. The summed E-state index contributed by atoms with van der Waals surface area (Å²) in [6.45, 7) is 0. The molecule has 0 radical (unpaired) electrons. The molecule has 0 unspecified atom stereocenters. The Balaban J connectivity index is 2.82. The minimum atomic E-state index is 0.398. The predicted octanol–water partition coefficient (Wildman–Crippen LogP) is 4.11. The van der Waals surface area contributed by atoms with Crippen LogP contribution in [0.4, 0.5) is 0 Å². The lowest BCUT2D eigenvalue weighted by Crippen LogP contribution is -1.84. The number of rotatable bonds is 2. The van der Waals surface area contributed by atoms with Crippen LogP contribution in [0.5, 0.6) is 0 Å². The first-order valence-corrected chi connectivity index (χ1v) is 5.76. The van der Waals surface area contributed by atoms with Gasteiger partial charge in [0.1, 0.15) is 6.29 Å². The Morgan fingerprint density at radius 3 is 2.86 bits per heavy atom. The van der Waals surface area contributed by atoms with Gasteiger partial charge in [0.05, 0.1) is 5.02 Å². The number of hydrogen-bond acceptors (Lipinski definition) is 2. The number of fused-ring (bicyclic) bond motifs is 1. The van der Waals surface area contributed by atoms with E-state index in [1.54, 1.807) is 23.5 Å². The molecule has 1 nitrogen and oxygen atoms in total. The highest BCUT2D eigenvalue weighted by molar-refractivity contribution is 7.18. The molecule has 0 saturated carbocycles. The highest BCUT2D eigenvalue weighted by Gasteiger charge is 2.08. The summed E-state index contributed by atoms with van der Waals surface area (Å²) in [6, 6.07) is 3.59. The fourth-order valence-corrected chi connectivity index (χ4v) is 2.93. The number of carbonyl (C=O) groups is 1. The molecule has 0 bridgehead atoms. The van der Waals surface area contributed by atoms with Crippen molar-refractivity contribution in [1.82, 2.24) is 0 Å². The molecule has 0 saturated heterocycles. The van der Waals surface area contributed by atoms with Crippen LogP contribution in [0.2, 0.25) is 5.02 Å². The van der Waals surface area contributed by atoms with Crippen molar-refractivity contribution in [1.29, 1.82) is 0 Å². The Hall–Kier alpha value is -0.570. The van der Waals surface area contributed by atoms with Gasteiger partial charge in [-0.05, 0) is 17.7 Å². The largest absolute Gasteiger partial charge is 0.298 e. The van der Waals surface area contributed by atoms with Gasteiger partial charge in [-0.25, -0.2) is 0 Å². The van der Waals surface area contributed by atoms with Gasteiger partial charge in [-0.15, -0.1) is 22.9 Å². The topological polar surface area (TPSA) is 17.1 Å². The average molecular weight is 245 g/mol. The lowest BCUT2D eigenvalue weighted by Gasteiger charge is -2.00. The van der Waals surface area contributed by atoms with Gasteiger partial charge in [-0.3, -0.25) is 4.79 Å². The fourth-order valence-electron chi connectivity index (χ4n) is 1.37. The van der Waals surface area contributed by atoms with E-state index >= 15 is 0 Å². The van der Waals surface area contributed by atoms with Crippen LogP contribution in [0.3, 0.4) is 0 Å². The number of benzene rings is 1. The number of thiophene rings is 1. The molecule has 72 valence electrons. The molecule has 2 aromatic rings. The minimum Gasteiger partial charge on any atom is -0.298 e. The van der Waals surface area contributed by atoms with Crippen LogP contribution >= 0.6 is 34.5 Å². The van der Waals surface area contributed by atoms with E-state index in [0.717, 1.165) is 21.9 Å². The fraction of sp³-hybridized carbons (Fsp3) is 0.100. The second-order valence-corrected chi connectivity index (χ2v) is 4.45. The van der Waals surface area contributed by atoms with Crippen molar-refractivity contribution in [2.45, 2.75) is 5.88 Å². The van der Waals surface area contributed by atoms with E-state index in [-0.39, 0.29) is 0 Å². The molecule has 0 aliphatic heterocycles. The molecule has 2 rings (SSSR count). The predicted molar refractivity (Wildman–Crippen MR) is 61.8 cm³/mol. The van der Waals surface area contributed by atoms with Crippen molar-refractivity contribution in [2.75, 3.05) is 0 Å². The maximum absolute atomic E-state index is 10.7. The van der Waals surface area contributed by atoms with Crippen LogP contribution < -0.4 is 0 Å². The van der Waals surface area contributed by atoms with Crippen molar-refractivity contribution >= 4 is 50.9 Å². The molecule has 1 heterocycles. The van der Waals surface area contributed by atoms with Crippen molar-refractivity contribution in [2.24, 2.45) is 0 Å². The molecule has 0 fully saturated rings. The smallest absolute Gasteiger partial charge is 0.150 e. The van der Waals surface area contributed by atoms with Gasteiger partial charge >= 0.3 is 0 Å². The van der Waals surface area contributed by atoms with Crippen LogP contribution in [0.15, 0.2) is 17.5 Å². The molecule has 1 aromatic carbocycles. The van der Waals surface area contributed by atoms with E-state index in [1.165, 1.54) is 0 Å². The van der Waals surface area contributed by atoms with Gasteiger partial charge in [0.2, 0.25) is 0 Å². The highest BCUT2D eigenvalue weighted by Crippen LogP contribution is 2.33. The summed E-state index contributed by atoms with van der Waals surface area (Å²) < 4.78 is 1.07. The van der Waals surface area contributed by atoms with Crippen molar-refractivity contribution in [3.8, 4) is 0 Å². The summed E-state index contributed by atoms with van der Waals surface area (Å²) in [5.41, 5.74) is 1.58. The number of aldehydes is 1. The second-order valence-electron chi connectivity index (χ2n) is 2.89. The molecule has 0 aliphatic carbocycles. The first-order valence-electron chi connectivity index (χ1n) is 3.97. The summed E-state index contributed by atoms with van der Waals surface area (Å²) in [4.78, 5) is 10.7. The molecule has 0 spiro atoms. The van der Waals surface area contributed by atoms with Gasteiger partial charge in [-0.2, -0.15) is 0 Å². The first-order chi connectivity index (χ1) is 6.76. The third-order valence-electron chi connectivity index (χ3n) is 2.01. The summed E-state index contributed by atoms with van der Waals surface area (Å²) >= 11 is 13.3. The first kappa shape index (κ1) is 9.97. The SMILES string of the molecule is O=Cc1cc(CCl)c2scc(Cl)c2c1. The Kier molecular flexibility index (Phi) is 2.77. The number of alkyl halides is 1. The van der Waals surface area contributed by atoms with Crippen molar-refractivity contribution < 1.29 is 4.79 Å². The van der Waals surface area contributed by atoms with Crippen LogP contribution in [0.1, 0.15) is 15.9 Å². The molecule has 0 N–H and O–H groups in total. The zero-order valence-corrected chi connectivity index (χ0v) is 9.42. The third-order valence-corrected chi connectivity index (χ3v) is 3.81. The van der Waals surface area contributed by atoms with Crippen LogP contribution in [0.25, 0.3) is 10.1 Å². The Labute approximate surface area is 95.3 Å². The van der Waals surface area contributed by atoms with Gasteiger partial charge in [0.25, 0.3) is 0 Å². The molecular formula is C10H6Cl2OS. The maximum Gasteiger partial charge on any atom is 0.150 e. The van der Waals surface area contributed by atoms with Crippen molar-refractivity contribution in [3.63, 3.8) is 0 Å². The van der Waals surface area contributed by atoms with Crippen LogP contribution in [0, 0.1) is 0 Å². The quantitative estimate of drug-likeness (QED) is 0.574. The average Bonchev–Trinajstić information content (AvgIpc) is 2.59. The molecule has 0 aliphatic rings. The molecular weight excluding hydrogens is 239 g/mol. The maximum atomic E-state index is 10.7. The molecule has 0 atom stereocenters. The summed E-state index contributed by atoms with van der Waals surface area (Å²) in [6.07, 6.45) is 0.809. The normalized spacial score (nSPS) is 10.7. The Morgan fingerprint density at radius 2 is 2.21 bits per heavy atom. The standard InChI is InChI=1S/C10H6Cl2OS/c11-3-7-1-6(4-13)2-8-9(12)5-14-10(7)8/h1-2,4-5H,3H2. The van der Waals surface area contributed by atoms with E-state index in [4.69, 9.17) is 23.2 Å². The van der Waals surface area contributed by atoms with E-state index < -0.39 is 0 Å². The van der Waals surface area contributed by atoms with Crippen LogP contribution in [-0.4, -0.2) is 6.29 Å². The number of hydrogen-bond donors (Lipinski definition) is 0. The monoisotopic (exact) mass is 244 g/mol. The lowest BCUT2D eigenvalue weighted by molar-refractivity contribution is 0.112. The van der Waals surface area contributed by atoms with Gasteiger partial charge in [0.15, 0.2) is 0 Å². The lowest BCUT2D eigenvalue weighted by atomic mass is 10.1. The van der Waals surface area contributed by atoms with Gasteiger partial charge < -0.3 is 0 Å². The van der Waals surface area contributed by atoms with E-state index in [1.807, 2.05) is 5.38 Å². The third kappa shape index (κ3) is 1.54. The van der Waals surface area contributed by atoms with E-state index in [0.29, 0.717) is 16.5 Å². The van der Waals surface area contributed by atoms with Crippen LogP contribution in [-0.2, 0) is 5.88 Å². The van der Waals surface area contributed by atoms with Gasteiger partial charge in [-0.1, -0.05) is 11.6 Å². The number of halogens is 2. The summed E-state index contributed by atoms with van der Waals surface area (Å²) in [5.74, 6) is 0.398. The summed E-state index contributed by atoms with van der Waals surface area (Å²) in [7, 11) is 0. The van der Waals surface area contributed by atoms with Crippen molar-refractivity contribution in [3.05, 3.63) is 33.7 Å². The Bertz CT molecular complexity index is 490. The zero-order valence-electron chi connectivity index (χ0n) is 7.09. The minimum absolute atomic E-state index is 0.398.